The van der Waals surface area contributed by atoms with E-state index in [1.807, 2.05) is 0 Å². The molecule has 0 unspecified atom stereocenters. The second-order valence-corrected chi connectivity index (χ2v) is 7.23. The number of amides is 2. The number of nitrogens with one attached hydrogen (secondary N) is 2. The lowest BCUT2D eigenvalue weighted by Gasteiger charge is -2.05. The van der Waals surface area contributed by atoms with E-state index in [9.17, 15) is 9.59 Å². The zero-order chi connectivity index (χ0) is 22.5. The first kappa shape index (κ1) is 21.3. The lowest BCUT2D eigenvalue weighted by Crippen LogP contribution is -2.25. The molecule has 3 heterocycles. The van der Waals surface area contributed by atoms with E-state index in [1.165, 1.54) is 23.2 Å². The first-order valence-corrected chi connectivity index (χ1v) is 9.98. The number of nitrogens with zero attached hydrogens (tertiary/aromatic N) is 2. The molecule has 0 spiro atoms. The van der Waals surface area contributed by atoms with E-state index >= 15 is 0 Å². The molecular weight excluding hydrogens is 436 g/mol. The standard InChI is InChI=1S/C22H19ClN4O5/c1-27-12-18(20(26-27)22(29)24-11-16-3-2-10-30-16)25-21(28)19-9-8-17(32-19)13-31-15-6-4-14(23)5-7-15/h2-10,12H,11,13H2,1H3,(H,24,29)(H,25,28). The number of halogens is 1. The van der Waals surface area contributed by atoms with Gasteiger partial charge in [-0.15, -0.1) is 0 Å². The number of hydrogen-bond donors (Lipinski definition) is 2. The molecule has 0 saturated carbocycles. The largest absolute Gasteiger partial charge is 0.486 e. The minimum Gasteiger partial charge on any atom is -0.486 e. The molecule has 9 nitrogen and oxygen atoms in total. The van der Waals surface area contributed by atoms with Crippen LogP contribution in [0.3, 0.4) is 0 Å². The van der Waals surface area contributed by atoms with Gasteiger partial charge < -0.3 is 24.2 Å². The highest BCUT2D eigenvalue weighted by Crippen LogP contribution is 2.19. The Morgan fingerprint density at radius 1 is 1.09 bits per heavy atom. The average molecular weight is 455 g/mol. The van der Waals surface area contributed by atoms with Gasteiger partial charge in [0.1, 0.15) is 23.9 Å². The van der Waals surface area contributed by atoms with Crippen molar-refractivity contribution >= 4 is 29.1 Å². The van der Waals surface area contributed by atoms with Gasteiger partial charge in [-0.1, -0.05) is 11.6 Å². The molecule has 0 bridgehead atoms. The fourth-order valence-electron chi connectivity index (χ4n) is 2.86. The number of aryl methyl sites for hydroxylation is 1. The summed E-state index contributed by atoms with van der Waals surface area (Å²) in [5.41, 5.74) is 0.329. The van der Waals surface area contributed by atoms with Crippen molar-refractivity contribution in [1.82, 2.24) is 15.1 Å². The zero-order valence-corrected chi connectivity index (χ0v) is 17.8. The number of benzene rings is 1. The Bertz CT molecular complexity index is 1210. The molecule has 1 aromatic carbocycles. The number of ether oxygens (including phenoxy) is 1. The lowest BCUT2D eigenvalue weighted by molar-refractivity contribution is 0.0943. The Kier molecular flexibility index (Phi) is 6.27. The fraction of sp³-hybridized carbons (Fsp3) is 0.136. The monoisotopic (exact) mass is 454 g/mol. The number of anilines is 1. The van der Waals surface area contributed by atoms with Gasteiger partial charge in [0, 0.05) is 18.3 Å². The van der Waals surface area contributed by atoms with Crippen LogP contribution in [0.15, 0.2) is 69.8 Å². The molecular formula is C22H19ClN4O5. The van der Waals surface area contributed by atoms with Crippen LogP contribution in [0.4, 0.5) is 5.69 Å². The van der Waals surface area contributed by atoms with Crippen LogP contribution in [0.2, 0.25) is 5.02 Å². The summed E-state index contributed by atoms with van der Waals surface area (Å²) in [5, 5.41) is 10.1. The van der Waals surface area contributed by atoms with Crippen LogP contribution in [-0.2, 0) is 20.2 Å². The van der Waals surface area contributed by atoms with Crippen LogP contribution in [0.25, 0.3) is 0 Å². The van der Waals surface area contributed by atoms with Gasteiger partial charge in [-0.2, -0.15) is 5.10 Å². The molecule has 0 aliphatic rings. The van der Waals surface area contributed by atoms with Gasteiger partial charge in [0.25, 0.3) is 11.8 Å². The van der Waals surface area contributed by atoms with Crippen LogP contribution in [-0.4, -0.2) is 21.6 Å². The van der Waals surface area contributed by atoms with Crippen molar-refractivity contribution in [2.75, 3.05) is 5.32 Å². The summed E-state index contributed by atoms with van der Waals surface area (Å²) in [6, 6.07) is 13.5. The quantitative estimate of drug-likeness (QED) is 0.416. The van der Waals surface area contributed by atoms with Crippen LogP contribution < -0.4 is 15.4 Å². The third-order valence-corrected chi connectivity index (χ3v) is 4.63. The molecule has 0 fully saturated rings. The molecule has 4 aromatic rings. The van der Waals surface area contributed by atoms with E-state index < -0.39 is 11.8 Å². The lowest BCUT2D eigenvalue weighted by atomic mass is 10.3. The first-order valence-electron chi connectivity index (χ1n) is 9.60. The number of rotatable bonds is 8. The molecule has 0 radical (unpaired) electrons. The van der Waals surface area contributed by atoms with Crippen LogP contribution in [0.1, 0.15) is 32.6 Å². The smallest absolute Gasteiger partial charge is 0.291 e. The molecule has 2 amide bonds. The molecule has 0 aliphatic carbocycles. The van der Waals surface area contributed by atoms with Gasteiger partial charge in [-0.3, -0.25) is 14.3 Å². The average Bonchev–Trinajstić information content (AvgIpc) is 3.53. The van der Waals surface area contributed by atoms with Crippen molar-refractivity contribution in [3.63, 3.8) is 0 Å². The Balaban J connectivity index is 1.37. The Morgan fingerprint density at radius 3 is 2.66 bits per heavy atom. The number of carbonyl (C=O) groups is 2. The molecule has 2 N–H and O–H groups in total. The summed E-state index contributed by atoms with van der Waals surface area (Å²) < 4.78 is 17.8. The normalized spacial score (nSPS) is 10.7. The second kappa shape index (κ2) is 9.44. The number of carbonyl (C=O) groups excluding carboxylic acids is 2. The highest BCUT2D eigenvalue weighted by molar-refractivity contribution is 6.30. The molecule has 0 atom stereocenters. The molecule has 3 aromatic heterocycles. The van der Waals surface area contributed by atoms with Crippen molar-refractivity contribution in [1.29, 1.82) is 0 Å². The summed E-state index contributed by atoms with van der Waals surface area (Å²) in [6.07, 6.45) is 3.05. The Labute approximate surface area is 187 Å². The summed E-state index contributed by atoms with van der Waals surface area (Å²) in [7, 11) is 1.65. The molecule has 0 saturated heterocycles. The maximum Gasteiger partial charge on any atom is 0.291 e. The topological polar surface area (TPSA) is 112 Å². The number of hydrogen-bond acceptors (Lipinski definition) is 6. The van der Waals surface area contributed by atoms with Gasteiger partial charge in [-0.25, -0.2) is 0 Å². The second-order valence-electron chi connectivity index (χ2n) is 6.79. The van der Waals surface area contributed by atoms with Crippen LogP contribution in [0, 0.1) is 0 Å². The number of furan rings is 2. The van der Waals surface area contributed by atoms with Gasteiger partial charge in [0.05, 0.1) is 18.5 Å². The van der Waals surface area contributed by atoms with Crippen molar-refractivity contribution in [3.8, 4) is 5.75 Å². The summed E-state index contributed by atoms with van der Waals surface area (Å²) >= 11 is 5.85. The fourth-order valence-corrected chi connectivity index (χ4v) is 2.98. The van der Waals surface area contributed by atoms with Gasteiger partial charge in [0.15, 0.2) is 11.5 Å². The van der Waals surface area contributed by atoms with E-state index in [0.717, 1.165) is 0 Å². The van der Waals surface area contributed by atoms with Gasteiger partial charge >= 0.3 is 0 Å². The van der Waals surface area contributed by atoms with Crippen molar-refractivity contribution in [2.45, 2.75) is 13.2 Å². The summed E-state index contributed by atoms with van der Waals surface area (Å²) in [4.78, 5) is 25.1. The highest BCUT2D eigenvalue weighted by Gasteiger charge is 2.20. The Hall–Kier alpha value is -3.98. The van der Waals surface area contributed by atoms with Crippen molar-refractivity contribution in [3.05, 3.63) is 89.0 Å². The molecule has 0 aliphatic heterocycles. The van der Waals surface area contributed by atoms with E-state index in [4.69, 9.17) is 25.2 Å². The predicted octanol–water partition coefficient (Wildman–Crippen LogP) is 4.02. The predicted molar refractivity (Wildman–Crippen MR) is 116 cm³/mol. The maximum absolute atomic E-state index is 12.6. The molecule has 32 heavy (non-hydrogen) atoms. The third kappa shape index (κ3) is 5.19. The van der Waals surface area contributed by atoms with Crippen LogP contribution in [0.5, 0.6) is 5.75 Å². The van der Waals surface area contributed by atoms with E-state index in [-0.39, 0.29) is 30.3 Å². The molecule has 4 rings (SSSR count). The van der Waals surface area contributed by atoms with Gasteiger partial charge in [-0.05, 0) is 48.5 Å². The molecule has 164 valence electrons. The van der Waals surface area contributed by atoms with E-state index in [2.05, 4.69) is 15.7 Å². The first-order chi connectivity index (χ1) is 15.5. The minimum absolute atomic E-state index is 0.0743. The summed E-state index contributed by atoms with van der Waals surface area (Å²) in [5.74, 6) is 0.795. The molecule has 10 heteroatoms. The minimum atomic E-state index is -0.518. The van der Waals surface area contributed by atoms with Crippen LogP contribution >= 0.6 is 11.6 Å². The Morgan fingerprint density at radius 2 is 1.91 bits per heavy atom. The van der Waals surface area contributed by atoms with Crippen molar-refractivity contribution in [2.24, 2.45) is 7.05 Å². The SMILES string of the molecule is Cn1cc(NC(=O)c2ccc(COc3ccc(Cl)cc3)o2)c(C(=O)NCc2ccco2)n1. The highest BCUT2D eigenvalue weighted by atomic mass is 35.5. The van der Waals surface area contributed by atoms with E-state index in [1.54, 1.807) is 49.5 Å². The number of aromatic nitrogens is 2. The van der Waals surface area contributed by atoms with E-state index in [0.29, 0.717) is 22.3 Å². The maximum atomic E-state index is 12.6. The zero-order valence-electron chi connectivity index (χ0n) is 17.0. The van der Waals surface area contributed by atoms with Gasteiger partial charge in [0.2, 0.25) is 0 Å². The summed E-state index contributed by atoms with van der Waals surface area (Å²) in [6.45, 7) is 0.340. The third-order valence-electron chi connectivity index (χ3n) is 4.38. The van der Waals surface area contributed by atoms with Crippen molar-refractivity contribution < 1.29 is 23.2 Å².